The van der Waals surface area contributed by atoms with Gasteiger partial charge in [0.2, 0.25) is 0 Å². The van der Waals surface area contributed by atoms with Gasteiger partial charge in [0.05, 0.1) is 0 Å². The molecule has 1 atom stereocenters. The monoisotopic (exact) mass is 191 g/mol. The minimum absolute atomic E-state index is 0.514. The second-order valence-electron chi connectivity index (χ2n) is 3.71. The lowest BCUT2D eigenvalue weighted by atomic mass is 9.98. The zero-order valence-corrected chi connectivity index (χ0v) is 7.81. The summed E-state index contributed by atoms with van der Waals surface area (Å²) in [6.07, 6.45) is 1.12. The smallest absolute Gasteiger partial charge is 0.250 e. The van der Waals surface area contributed by atoms with Gasteiger partial charge < -0.3 is 10.8 Å². The molecule has 1 aromatic rings. The molecule has 0 aromatic heterocycles. The van der Waals surface area contributed by atoms with Gasteiger partial charge in [-0.2, -0.15) is 0 Å². The maximum atomic E-state index is 10.9. The summed E-state index contributed by atoms with van der Waals surface area (Å²) in [5, 5.41) is 9.58. The third-order valence-electron chi connectivity index (χ3n) is 2.58. The Bertz CT molecular complexity index is 358. The van der Waals surface area contributed by atoms with E-state index in [0.717, 1.165) is 18.4 Å². The lowest BCUT2D eigenvalue weighted by molar-refractivity contribution is -0.126. The Morgan fingerprint density at radius 1 is 1.43 bits per heavy atom. The molecule has 1 aromatic carbocycles. The molecule has 2 rings (SSSR count). The molecule has 1 aliphatic rings. The van der Waals surface area contributed by atoms with Crippen LogP contribution in [0.5, 0.6) is 0 Å². The first-order valence-electron chi connectivity index (χ1n) is 4.76. The van der Waals surface area contributed by atoms with Crippen molar-refractivity contribution in [3.8, 4) is 0 Å². The number of aliphatic hydroxyl groups excluding tert-OH is 1. The van der Waals surface area contributed by atoms with Gasteiger partial charge in [0.1, 0.15) is 0 Å². The Kier molecular flexibility index (Phi) is 2.25. The van der Waals surface area contributed by atoms with Crippen molar-refractivity contribution >= 4 is 5.91 Å². The van der Waals surface area contributed by atoms with Crippen molar-refractivity contribution in [2.45, 2.75) is 24.9 Å². The second-order valence-corrected chi connectivity index (χ2v) is 3.71. The molecule has 74 valence electrons. The van der Waals surface area contributed by atoms with E-state index in [1.807, 2.05) is 18.2 Å². The predicted octanol–water partition coefficient (Wildman–Crippen LogP) is 1.08. The van der Waals surface area contributed by atoms with Crippen molar-refractivity contribution in [1.29, 1.82) is 0 Å². The third-order valence-corrected chi connectivity index (χ3v) is 2.58. The van der Waals surface area contributed by atoms with E-state index in [1.54, 1.807) is 6.07 Å². The van der Waals surface area contributed by atoms with Crippen LogP contribution in [0.4, 0.5) is 0 Å². The van der Waals surface area contributed by atoms with E-state index in [4.69, 9.17) is 5.73 Å². The molecule has 0 radical (unpaired) electrons. The third kappa shape index (κ3) is 1.63. The Labute approximate surface area is 82.5 Å². The van der Waals surface area contributed by atoms with Crippen LogP contribution in [0.3, 0.4) is 0 Å². The maximum Gasteiger partial charge on any atom is 0.250 e. The van der Waals surface area contributed by atoms with Gasteiger partial charge in [-0.1, -0.05) is 24.3 Å². The highest BCUT2D eigenvalue weighted by Crippen LogP contribution is 2.42. The molecule has 0 saturated heterocycles. The van der Waals surface area contributed by atoms with E-state index in [1.165, 1.54) is 0 Å². The summed E-state index contributed by atoms with van der Waals surface area (Å²) in [5.74, 6) is -0.168. The quantitative estimate of drug-likeness (QED) is 0.751. The molecule has 1 aliphatic carbocycles. The summed E-state index contributed by atoms with van der Waals surface area (Å²) in [4.78, 5) is 10.9. The average molecular weight is 191 g/mol. The molecule has 1 unspecified atom stereocenters. The fourth-order valence-electron chi connectivity index (χ4n) is 1.68. The van der Waals surface area contributed by atoms with Crippen molar-refractivity contribution in [3.05, 3.63) is 35.4 Å². The van der Waals surface area contributed by atoms with Gasteiger partial charge in [-0.15, -0.1) is 0 Å². The number of benzene rings is 1. The van der Waals surface area contributed by atoms with Gasteiger partial charge in [-0.25, -0.2) is 0 Å². The van der Waals surface area contributed by atoms with Crippen molar-refractivity contribution < 1.29 is 9.90 Å². The molecule has 0 bridgehead atoms. The van der Waals surface area contributed by atoms with Gasteiger partial charge in [-0.05, 0) is 29.9 Å². The maximum absolute atomic E-state index is 10.9. The van der Waals surface area contributed by atoms with Crippen molar-refractivity contribution in [1.82, 2.24) is 0 Å². The van der Waals surface area contributed by atoms with Gasteiger partial charge in [0.25, 0.3) is 5.91 Å². The van der Waals surface area contributed by atoms with E-state index >= 15 is 0 Å². The van der Waals surface area contributed by atoms with E-state index in [-0.39, 0.29) is 0 Å². The first-order valence-corrected chi connectivity index (χ1v) is 4.76. The molecule has 0 aliphatic heterocycles. The van der Waals surface area contributed by atoms with Crippen molar-refractivity contribution in [2.75, 3.05) is 0 Å². The van der Waals surface area contributed by atoms with Crippen LogP contribution in [0.2, 0.25) is 0 Å². The highest BCUT2D eigenvalue weighted by atomic mass is 16.3. The Balaban J connectivity index is 2.35. The normalized spacial score (nSPS) is 17.8. The van der Waals surface area contributed by atoms with E-state index in [0.29, 0.717) is 11.5 Å². The molecule has 1 fully saturated rings. The lowest BCUT2D eigenvalue weighted by Crippen LogP contribution is -2.21. The Morgan fingerprint density at radius 2 is 2.07 bits per heavy atom. The standard InChI is InChI=1S/C11H13NO2/c12-11(14)10(13)9-4-2-1-3-8(9)7-5-6-7/h1-4,7,10,13H,5-6H2,(H2,12,14). The van der Waals surface area contributed by atoms with Gasteiger partial charge in [-0.3, -0.25) is 4.79 Å². The van der Waals surface area contributed by atoms with E-state index < -0.39 is 12.0 Å². The number of hydrogen-bond acceptors (Lipinski definition) is 2. The first kappa shape index (κ1) is 9.21. The second kappa shape index (κ2) is 3.42. The number of carbonyl (C=O) groups is 1. The van der Waals surface area contributed by atoms with Gasteiger partial charge in [0.15, 0.2) is 6.10 Å². The Hall–Kier alpha value is -1.35. The number of carbonyl (C=O) groups excluding carboxylic acids is 1. The summed E-state index contributed by atoms with van der Waals surface area (Å²) in [7, 11) is 0. The zero-order chi connectivity index (χ0) is 10.1. The van der Waals surface area contributed by atoms with Crippen LogP contribution in [0.1, 0.15) is 36.0 Å². The lowest BCUT2D eigenvalue weighted by Gasteiger charge is -2.11. The first-order chi connectivity index (χ1) is 6.70. The van der Waals surface area contributed by atoms with Gasteiger partial charge >= 0.3 is 0 Å². The number of hydrogen-bond donors (Lipinski definition) is 2. The summed E-state index contributed by atoms with van der Waals surface area (Å²) in [5.41, 5.74) is 6.81. The van der Waals surface area contributed by atoms with Crippen LogP contribution < -0.4 is 5.73 Å². The molecule has 1 saturated carbocycles. The molecular formula is C11H13NO2. The minimum Gasteiger partial charge on any atom is -0.378 e. The van der Waals surface area contributed by atoms with Gasteiger partial charge in [0, 0.05) is 0 Å². The van der Waals surface area contributed by atoms with Crippen molar-refractivity contribution in [3.63, 3.8) is 0 Å². The van der Waals surface area contributed by atoms with E-state index in [2.05, 4.69) is 0 Å². The number of nitrogens with two attached hydrogens (primary N) is 1. The fraction of sp³-hybridized carbons (Fsp3) is 0.364. The topological polar surface area (TPSA) is 63.3 Å². The molecule has 0 spiro atoms. The molecular weight excluding hydrogens is 178 g/mol. The molecule has 0 heterocycles. The summed E-state index contributed by atoms with van der Waals surface area (Å²) < 4.78 is 0. The highest BCUT2D eigenvalue weighted by molar-refractivity contribution is 5.80. The molecule has 14 heavy (non-hydrogen) atoms. The van der Waals surface area contributed by atoms with E-state index in [9.17, 15) is 9.90 Å². The number of rotatable bonds is 3. The van der Waals surface area contributed by atoms with Crippen LogP contribution >= 0.6 is 0 Å². The molecule has 3 N–H and O–H groups in total. The van der Waals surface area contributed by atoms with Crippen LogP contribution in [-0.4, -0.2) is 11.0 Å². The number of primary amides is 1. The van der Waals surface area contributed by atoms with Crippen LogP contribution in [-0.2, 0) is 4.79 Å². The average Bonchev–Trinajstić information content (AvgIpc) is 3.00. The van der Waals surface area contributed by atoms with Crippen LogP contribution in [0.25, 0.3) is 0 Å². The largest absolute Gasteiger partial charge is 0.378 e. The fourth-order valence-corrected chi connectivity index (χ4v) is 1.68. The molecule has 1 amide bonds. The Morgan fingerprint density at radius 3 is 2.64 bits per heavy atom. The predicted molar refractivity (Wildman–Crippen MR) is 52.6 cm³/mol. The van der Waals surface area contributed by atoms with Crippen LogP contribution in [0.15, 0.2) is 24.3 Å². The summed E-state index contributed by atoms with van der Waals surface area (Å²) >= 11 is 0. The van der Waals surface area contributed by atoms with Crippen LogP contribution in [0, 0.1) is 0 Å². The number of amides is 1. The highest BCUT2D eigenvalue weighted by Gasteiger charge is 2.28. The molecule has 3 heteroatoms. The summed E-state index contributed by atoms with van der Waals surface area (Å²) in [6.45, 7) is 0. The SMILES string of the molecule is NC(=O)C(O)c1ccccc1C1CC1. The molecule has 3 nitrogen and oxygen atoms in total. The minimum atomic E-state index is -1.16. The zero-order valence-electron chi connectivity index (χ0n) is 7.81. The van der Waals surface area contributed by atoms with Crippen molar-refractivity contribution in [2.24, 2.45) is 5.73 Å². The number of aliphatic hydroxyl groups is 1. The summed E-state index contributed by atoms with van der Waals surface area (Å²) in [6, 6.07) is 7.46.